The molecule has 5 saturated carbocycles. The van der Waals surface area contributed by atoms with E-state index in [1.807, 2.05) is 6.92 Å². The van der Waals surface area contributed by atoms with Gasteiger partial charge in [-0.1, -0.05) is 73.5 Å². The van der Waals surface area contributed by atoms with Crippen molar-refractivity contribution in [2.75, 3.05) is 13.2 Å². The smallest absolute Gasteiger partial charge is 0.338 e. The number of aliphatic hydroxyl groups excluding tert-OH is 7. The summed E-state index contributed by atoms with van der Waals surface area (Å²) in [6.07, 6.45) is -1.09. The van der Waals surface area contributed by atoms with E-state index in [4.69, 9.17) is 18.9 Å². The van der Waals surface area contributed by atoms with E-state index in [2.05, 4.69) is 54.5 Å². The van der Waals surface area contributed by atoms with Crippen LogP contribution in [0.2, 0.25) is 0 Å². The lowest BCUT2D eigenvalue weighted by Gasteiger charge is -2.71. The van der Waals surface area contributed by atoms with Crippen LogP contribution in [0.25, 0.3) is 0 Å². The van der Waals surface area contributed by atoms with E-state index < -0.39 is 72.4 Å². The number of fused-ring (bicyclic) bond motifs is 7. The van der Waals surface area contributed by atoms with Gasteiger partial charge in [0, 0.05) is 12.5 Å². The van der Waals surface area contributed by atoms with Gasteiger partial charge in [-0.15, -0.1) is 0 Å². The van der Waals surface area contributed by atoms with Crippen molar-refractivity contribution in [3.63, 3.8) is 0 Å². The molecule has 1 saturated heterocycles. The fourth-order valence-electron chi connectivity index (χ4n) is 14.4. The summed E-state index contributed by atoms with van der Waals surface area (Å²) in [5, 5.41) is 74.4. The van der Waals surface area contributed by atoms with Crippen molar-refractivity contribution in [3.8, 4) is 0 Å². The molecule has 0 amide bonds. The molecule has 342 valence electrons. The minimum atomic E-state index is -1.65. The van der Waals surface area contributed by atoms with Crippen LogP contribution in [-0.2, 0) is 28.5 Å². The standard InChI is InChI=1S/C47H76O13/c1-9-10-21-57-39(55)38-36(53)35(52)37(54)40(60-38)59-31-14-15-44(6)29(43(31,4)5)13-16-46(8)30(44)12-11-26-27-23-42(2,3)17-19-47(27,20-18-45(26,46)7)41(56)58-28-22-25(24-48)32(49)34(51)33(28)50/h11,25,27-38,40,48-54H,9-10,12-24H2,1-8H3. The summed E-state index contributed by atoms with van der Waals surface area (Å²) >= 11 is 0. The molecule has 0 aromatic heterocycles. The molecule has 13 nitrogen and oxygen atoms in total. The van der Waals surface area contributed by atoms with Gasteiger partial charge in [-0.3, -0.25) is 4.79 Å². The summed E-state index contributed by atoms with van der Waals surface area (Å²) in [5.74, 6) is -1.30. The highest BCUT2D eigenvalue weighted by atomic mass is 16.7. The largest absolute Gasteiger partial charge is 0.464 e. The molecular weight excluding hydrogens is 773 g/mol. The molecule has 18 unspecified atom stereocenters. The zero-order valence-corrected chi connectivity index (χ0v) is 37.3. The molecule has 6 fully saturated rings. The SMILES string of the molecule is CCCCOC(=O)C1OC(OC2CCC3(C)C(CCC4(C)C3CC=C3C5CC(C)(C)CCC5(C(=O)OC5CC(CO)C(O)C(O)C5O)CCC34C)C2(C)C)C(O)C(O)C1O. The van der Waals surface area contributed by atoms with Gasteiger partial charge in [0.1, 0.15) is 36.6 Å². The van der Waals surface area contributed by atoms with Gasteiger partial charge in [-0.05, 0) is 122 Å². The van der Waals surface area contributed by atoms with Crippen LogP contribution in [-0.4, -0.2) is 122 Å². The third kappa shape index (κ3) is 7.24. The van der Waals surface area contributed by atoms with Crippen molar-refractivity contribution in [2.45, 2.75) is 200 Å². The van der Waals surface area contributed by atoms with Gasteiger partial charge < -0.3 is 54.7 Å². The van der Waals surface area contributed by atoms with Gasteiger partial charge in [0.2, 0.25) is 0 Å². The molecule has 7 N–H and O–H groups in total. The molecular formula is C47H76O13. The van der Waals surface area contributed by atoms with Crippen LogP contribution in [0.4, 0.5) is 0 Å². The first kappa shape index (κ1) is 46.3. The fraction of sp³-hybridized carbons (Fsp3) is 0.915. The second-order valence-corrected chi connectivity index (χ2v) is 22.4. The van der Waals surface area contributed by atoms with Gasteiger partial charge >= 0.3 is 11.9 Å². The lowest BCUT2D eigenvalue weighted by Crippen LogP contribution is -2.66. The Kier molecular flexibility index (Phi) is 12.7. The predicted molar refractivity (Wildman–Crippen MR) is 220 cm³/mol. The normalized spacial score (nSPS) is 49.5. The molecule has 0 spiro atoms. The molecule has 13 heteroatoms. The van der Waals surface area contributed by atoms with Crippen molar-refractivity contribution in [1.29, 1.82) is 0 Å². The maximum atomic E-state index is 14.7. The van der Waals surface area contributed by atoms with Crippen molar-refractivity contribution in [3.05, 3.63) is 11.6 Å². The fourth-order valence-corrected chi connectivity index (χ4v) is 14.4. The maximum absolute atomic E-state index is 14.7. The molecule has 6 aliphatic carbocycles. The first-order chi connectivity index (χ1) is 28.0. The zero-order chi connectivity index (χ0) is 44.0. The number of allylic oxidation sites excluding steroid dienone is 2. The van der Waals surface area contributed by atoms with E-state index in [1.54, 1.807) is 0 Å². The summed E-state index contributed by atoms with van der Waals surface area (Å²) in [6.45, 7) is 18.1. The lowest BCUT2D eigenvalue weighted by molar-refractivity contribution is -0.324. The van der Waals surface area contributed by atoms with E-state index in [-0.39, 0.29) is 70.6 Å². The van der Waals surface area contributed by atoms with Crippen LogP contribution in [0, 0.1) is 56.2 Å². The molecule has 7 rings (SSSR count). The average molecular weight is 849 g/mol. The minimum absolute atomic E-state index is 0.00309. The number of esters is 2. The number of rotatable bonds is 9. The van der Waals surface area contributed by atoms with Crippen LogP contribution in [0.5, 0.6) is 0 Å². The molecule has 0 aromatic rings. The highest BCUT2D eigenvalue weighted by Crippen LogP contribution is 2.76. The topological polar surface area (TPSA) is 213 Å². The van der Waals surface area contributed by atoms with Gasteiger partial charge in [0.15, 0.2) is 12.4 Å². The van der Waals surface area contributed by atoms with Gasteiger partial charge in [-0.2, -0.15) is 0 Å². The molecule has 0 bridgehead atoms. The van der Waals surface area contributed by atoms with E-state index >= 15 is 0 Å². The van der Waals surface area contributed by atoms with Gasteiger partial charge in [0.25, 0.3) is 0 Å². The Labute approximate surface area is 356 Å². The quantitative estimate of drug-likeness (QED) is 0.0747. The molecule has 0 radical (unpaired) electrons. The first-order valence-electron chi connectivity index (χ1n) is 23.1. The number of carbonyl (C=O) groups excluding carboxylic acids is 2. The number of hydrogen-bond acceptors (Lipinski definition) is 13. The Morgan fingerprint density at radius 2 is 1.48 bits per heavy atom. The van der Waals surface area contributed by atoms with Crippen LogP contribution >= 0.6 is 0 Å². The summed E-state index contributed by atoms with van der Waals surface area (Å²) in [4.78, 5) is 27.6. The maximum Gasteiger partial charge on any atom is 0.338 e. The second-order valence-electron chi connectivity index (χ2n) is 22.4. The molecule has 1 heterocycles. The summed E-state index contributed by atoms with van der Waals surface area (Å²) in [7, 11) is 0. The number of hydrogen-bond donors (Lipinski definition) is 7. The number of unbranched alkanes of at least 4 members (excludes halogenated alkanes) is 1. The summed E-state index contributed by atoms with van der Waals surface area (Å²) in [5.41, 5.74) is -0.126. The molecule has 1 aliphatic heterocycles. The third-order valence-corrected chi connectivity index (χ3v) is 18.4. The zero-order valence-electron chi connectivity index (χ0n) is 37.3. The second kappa shape index (κ2) is 16.4. The van der Waals surface area contributed by atoms with E-state index in [0.717, 1.165) is 51.4 Å². The van der Waals surface area contributed by atoms with Crippen LogP contribution in [0.3, 0.4) is 0 Å². The van der Waals surface area contributed by atoms with Crippen molar-refractivity contribution >= 4 is 11.9 Å². The lowest BCUT2D eigenvalue weighted by atomic mass is 9.33. The molecule has 60 heavy (non-hydrogen) atoms. The van der Waals surface area contributed by atoms with Crippen LogP contribution in [0.15, 0.2) is 11.6 Å². The van der Waals surface area contributed by atoms with Crippen molar-refractivity contribution in [1.82, 2.24) is 0 Å². The number of ether oxygens (including phenoxy) is 4. The highest BCUT2D eigenvalue weighted by Gasteiger charge is 2.70. The van der Waals surface area contributed by atoms with Gasteiger partial charge in [-0.25, -0.2) is 4.79 Å². The third-order valence-electron chi connectivity index (χ3n) is 18.4. The Balaban J connectivity index is 1.13. The Hall–Kier alpha value is -1.68. The molecule has 0 aromatic carbocycles. The monoisotopic (exact) mass is 849 g/mol. The summed E-state index contributed by atoms with van der Waals surface area (Å²) in [6, 6.07) is 0. The van der Waals surface area contributed by atoms with Gasteiger partial charge in [0.05, 0.1) is 24.2 Å². The summed E-state index contributed by atoms with van der Waals surface area (Å²) < 4.78 is 24.0. The Bertz CT molecular complexity index is 1630. The number of aliphatic hydroxyl groups is 7. The van der Waals surface area contributed by atoms with Crippen molar-refractivity contribution < 1.29 is 64.3 Å². The number of carbonyl (C=O) groups is 2. The van der Waals surface area contributed by atoms with Crippen LogP contribution < -0.4 is 0 Å². The Morgan fingerprint density at radius 1 is 0.800 bits per heavy atom. The Morgan fingerprint density at radius 3 is 2.17 bits per heavy atom. The van der Waals surface area contributed by atoms with Crippen molar-refractivity contribution in [2.24, 2.45) is 56.2 Å². The van der Waals surface area contributed by atoms with E-state index in [1.165, 1.54) is 5.57 Å². The minimum Gasteiger partial charge on any atom is -0.464 e. The predicted octanol–water partition coefficient (Wildman–Crippen LogP) is 4.33. The van der Waals surface area contributed by atoms with E-state index in [0.29, 0.717) is 31.6 Å². The average Bonchev–Trinajstić information content (AvgIpc) is 3.19. The van der Waals surface area contributed by atoms with E-state index in [9.17, 15) is 45.3 Å². The molecule has 7 aliphatic rings. The molecule has 18 atom stereocenters. The highest BCUT2D eigenvalue weighted by molar-refractivity contribution is 5.79. The first-order valence-corrected chi connectivity index (χ1v) is 23.1. The van der Waals surface area contributed by atoms with Crippen LogP contribution in [0.1, 0.15) is 139 Å².